The number of hydrogen-bond acceptors (Lipinski definition) is 5. The predicted octanol–water partition coefficient (Wildman–Crippen LogP) is 5.63. The normalized spacial score (nSPS) is 14.3. The zero-order valence-electron chi connectivity index (χ0n) is 21.6. The van der Waals surface area contributed by atoms with Crippen LogP contribution in [0.1, 0.15) is 62.5 Å². The standard InChI is InChI=1S/C28H36Cl2N2O4.Mg/c1-21(33)36-35-20-27(34)31-16-4-2-3-5-17-32-18-14-24(15-19-32)28(22-6-10-25(29)11-7-22)23-8-12-26(30)13-9-23;/h6-13,24,28H,2-5,14-20H2,1H3,(H,31,34);. The molecule has 0 spiro atoms. The Bertz CT molecular complexity index is 906. The first kappa shape index (κ1) is 31.9. The van der Waals surface area contributed by atoms with Gasteiger partial charge >= 0.3 is 5.97 Å². The van der Waals surface area contributed by atoms with Crippen molar-refractivity contribution in [2.75, 3.05) is 32.8 Å². The number of halogens is 2. The van der Waals surface area contributed by atoms with Crippen LogP contribution < -0.4 is 5.32 Å². The van der Waals surface area contributed by atoms with Gasteiger partial charge in [-0.1, -0.05) is 60.3 Å². The van der Waals surface area contributed by atoms with Gasteiger partial charge in [-0.25, -0.2) is 4.79 Å². The minimum atomic E-state index is -0.574. The molecule has 1 aliphatic heterocycles. The lowest BCUT2D eigenvalue weighted by molar-refractivity contribution is -0.266. The lowest BCUT2D eigenvalue weighted by atomic mass is 9.76. The number of benzene rings is 2. The van der Waals surface area contributed by atoms with E-state index in [0.29, 0.717) is 18.4 Å². The Morgan fingerprint density at radius 1 is 0.919 bits per heavy atom. The number of carbonyl (C=O) groups is 2. The summed E-state index contributed by atoms with van der Waals surface area (Å²) < 4.78 is 0. The smallest absolute Gasteiger partial charge is 0.339 e. The molecule has 198 valence electrons. The van der Waals surface area contributed by atoms with Crippen molar-refractivity contribution in [2.45, 2.75) is 51.4 Å². The quantitative estimate of drug-likeness (QED) is 0.149. The monoisotopic (exact) mass is 558 g/mol. The van der Waals surface area contributed by atoms with Crippen molar-refractivity contribution in [2.24, 2.45) is 5.92 Å². The van der Waals surface area contributed by atoms with Crippen LogP contribution in [0.3, 0.4) is 0 Å². The second-order valence-electron chi connectivity index (χ2n) is 9.36. The van der Waals surface area contributed by atoms with Crippen LogP contribution in [0.5, 0.6) is 0 Å². The van der Waals surface area contributed by atoms with Crippen molar-refractivity contribution in [1.29, 1.82) is 0 Å². The van der Waals surface area contributed by atoms with E-state index < -0.39 is 5.97 Å². The molecule has 0 bridgehead atoms. The molecule has 0 atom stereocenters. The molecule has 2 aromatic carbocycles. The molecule has 37 heavy (non-hydrogen) atoms. The molecule has 1 amide bonds. The fraction of sp³-hybridized carbons (Fsp3) is 0.500. The van der Waals surface area contributed by atoms with Crippen molar-refractivity contribution >= 4 is 58.1 Å². The van der Waals surface area contributed by atoms with Crippen LogP contribution >= 0.6 is 23.2 Å². The lowest BCUT2D eigenvalue weighted by Gasteiger charge is -2.36. The molecule has 1 saturated heterocycles. The summed E-state index contributed by atoms with van der Waals surface area (Å²) in [5.74, 6) is 0.0675. The average Bonchev–Trinajstić information content (AvgIpc) is 2.86. The minimum Gasteiger partial charge on any atom is -0.354 e. The summed E-state index contributed by atoms with van der Waals surface area (Å²) in [5, 5.41) is 4.29. The fourth-order valence-corrected chi connectivity index (χ4v) is 5.10. The van der Waals surface area contributed by atoms with Gasteiger partial charge in [-0.3, -0.25) is 9.68 Å². The summed E-state index contributed by atoms with van der Waals surface area (Å²) in [5.41, 5.74) is 2.62. The van der Waals surface area contributed by atoms with E-state index in [1.807, 2.05) is 24.3 Å². The molecule has 2 radical (unpaired) electrons. The third kappa shape index (κ3) is 11.5. The van der Waals surface area contributed by atoms with Gasteiger partial charge in [0, 0.05) is 52.5 Å². The highest BCUT2D eigenvalue weighted by molar-refractivity contribution is 6.30. The number of carbonyl (C=O) groups excluding carboxylic acids is 2. The molecule has 9 heteroatoms. The van der Waals surface area contributed by atoms with Gasteiger partial charge in [0.1, 0.15) is 0 Å². The first-order chi connectivity index (χ1) is 17.4. The molecule has 6 nitrogen and oxygen atoms in total. The highest BCUT2D eigenvalue weighted by Crippen LogP contribution is 2.38. The Hall–Kier alpha value is -1.35. The van der Waals surface area contributed by atoms with Gasteiger partial charge in [0.15, 0.2) is 6.61 Å². The first-order valence-corrected chi connectivity index (χ1v) is 13.5. The summed E-state index contributed by atoms with van der Waals surface area (Å²) in [4.78, 5) is 33.5. The highest BCUT2D eigenvalue weighted by atomic mass is 35.5. The SMILES string of the molecule is CC(=O)OOCC(=O)NCCCCCCN1CCC(C(c2ccc(Cl)cc2)c2ccc(Cl)cc2)CC1.[Mg]. The number of amides is 1. The van der Waals surface area contributed by atoms with E-state index in [9.17, 15) is 9.59 Å². The summed E-state index contributed by atoms with van der Waals surface area (Å²) in [6.45, 7) is 4.89. The molecule has 2 aromatic rings. The van der Waals surface area contributed by atoms with Crippen molar-refractivity contribution in [3.8, 4) is 0 Å². The lowest BCUT2D eigenvalue weighted by Crippen LogP contribution is -2.36. The van der Waals surface area contributed by atoms with Crippen molar-refractivity contribution in [3.05, 3.63) is 69.7 Å². The van der Waals surface area contributed by atoms with Crippen LogP contribution in [0.15, 0.2) is 48.5 Å². The van der Waals surface area contributed by atoms with Crippen LogP contribution in [0.2, 0.25) is 10.0 Å². The predicted molar refractivity (Wildman–Crippen MR) is 149 cm³/mol. The molecule has 0 unspecified atom stereocenters. The Morgan fingerprint density at radius 2 is 1.46 bits per heavy atom. The zero-order valence-corrected chi connectivity index (χ0v) is 24.5. The summed E-state index contributed by atoms with van der Waals surface area (Å²) in [7, 11) is 0. The number of hydrogen-bond donors (Lipinski definition) is 1. The van der Waals surface area contributed by atoms with Crippen molar-refractivity contribution in [3.63, 3.8) is 0 Å². The van der Waals surface area contributed by atoms with Crippen LogP contribution in [0, 0.1) is 5.92 Å². The van der Waals surface area contributed by atoms with Gasteiger partial charge in [-0.2, -0.15) is 4.89 Å². The molecular weight excluding hydrogens is 524 g/mol. The summed E-state index contributed by atoms with van der Waals surface area (Å²) >= 11 is 12.3. The first-order valence-electron chi connectivity index (χ1n) is 12.7. The van der Waals surface area contributed by atoms with Gasteiger partial charge in [-0.15, -0.1) is 0 Å². The van der Waals surface area contributed by atoms with E-state index in [2.05, 4.69) is 44.3 Å². The van der Waals surface area contributed by atoms with E-state index in [1.54, 1.807) is 0 Å². The number of likely N-dealkylation sites (tertiary alicyclic amines) is 1. The average molecular weight is 560 g/mol. The third-order valence-corrected chi connectivity index (χ3v) is 7.16. The molecule has 0 aromatic heterocycles. The second kappa shape index (κ2) is 17.3. The Balaban J connectivity index is 0.00000481. The van der Waals surface area contributed by atoms with E-state index in [0.717, 1.165) is 68.2 Å². The van der Waals surface area contributed by atoms with Crippen molar-refractivity contribution in [1.82, 2.24) is 10.2 Å². The molecule has 1 heterocycles. The van der Waals surface area contributed by atoms with E-state index in [4.69, 9.17) is 23.2 Å². The Labute approximate surface area is 246 Å². The van der Waals surface area contributed by atoms with Gasteiger partial charge < -0.3 is 10.2 Å². The fourth-order valence-electron chi connectivity index (χ4n) is 4.85. The number of nitrogens with one attached hydrogen (secondary N) is 1. The van der Waals surface area contributed by atoms with E-state index in [1.165, 1.54) is 18.1 Å². The molecule has 1 N–H and O–H groups in total. The zero-order chi connectivity index (χ0) is 25.8. The van der Waals surface area contributed by atoms with Gasteiger partial charge in [0.25, 0.3) is 0 Å². The van der Waals surface area contributed by atoms with E-state index >= 15 is 0 Å². The number of piperidine rings is 1. The topological polar surface area (TPSA) is 67.9 Å². The summed E-state index contributed by atoms with van der Waals surface area (Å²) in [6.07, 6.45) is 6.61. The van der Waals surface area contributed by atoms with Crippen molar-refractivity contribution < 1.29 is 19.4 Å². The highest BCUT2D eigenvalue weighted by Gasteiger charge is 2.28. The molecule has 0 saturated carbocycles. The number of nitrogens with zero attached hydrogens (tertiary/aromatic N) is 1. The molecule has 1 fully saturated rings. The van der Waals surface area contributed by atoms with E-state index in [-0.39, 0.29) is 35.6 Å². The largest absolute Gasteiger partial charge is 0.354 e. The summed E-state index contributed by atoms with van der Waals surface area (Å²) in [6, 6.07) is 16.6. The Morgan fingerprint density at radius 3 is 2.00 bits per heavy atom. The molecule has 1 aliphatic rings. The van der Waals surface area contributed by atoms with Crippen LogP contribution in [-0.4, -0.2) is 72.6 Å². The second-order valence-corrected chi connectivity index (χ2v) is 10.2. The third-order valence-electron chi connectivity index (χ3n) is 6.65. The van der Waals surface area contributed by atoms with Gasteiger partial charge in [-0.05, 0) is 86.6 Å². The maximum Gasteiger partial charge on any atom is 0.339 e. The van der Waals surface area contributed by atoms with Gasteiger partial charge in [0.05, 0.1) is 0 Å². The molecule has 3 rings (SSSR count). The number of unbranched alkanes of at least 4 members (excludes halogenated alkanes) is 3. The van der Waals surface area contributed by atoms with Crippen LogP contribution in [0.25, 0.3) is 0 Å². The molecular formula is C28H36Cl2MgN2O4. The minimum absolute atomic E-state index is 0. The molecule has 0 aliphatic carbocycles. The van der Waals surface area contributed by atoms with Crippen LogP contribution in [0.4, 0.5) is 0 Å². The number of rotatable bonds is 13. The Kier molecular flexibility index (Phi) is 14.9. The maximum atomic E-state index is 11.6. The van der Waals surface area contributed by atoms with Gasteiger partial charge in [0.2, 0.25) is 5.91 Å². The van der Waals surface area contributed by atoms with Crippen LogP contribution in [-0.2, 0) is 19.4 Å². The maximum absolute atomic E-state index is 11.6.